The van der Waals surface area contributed by atoms with Gasteiger partial charge >= 0.3 is 11.8 Å². The molecule has 11 nitrogen and oxygen atoms in total. The lowest BCUT2D eigenvalue weighted by molar-refractivity contribution is -0.384. The number of aromatic nitrogens is 1. The molecule has 0 aliphatic rings. The summed E-state index contributed by atoms with van der Waals surface area (Å²) in [6.07, 6.45) is 0.559. The molecule has 0 radical (unpaired) electrons. The van der Waals surface area contributed by atoms with Gasteiger partial charge in [-0.25, -0.2) is 9.59 Å². The predicted octanol–water partition coefficient (Wildman–Crippen LogP) is 2.65. The first kappa shape index (κ1) is 21.6. The maximum absolute atomic E-state index is 12.3. The fourth-order valence-corrected chi connectivity index (χ4v) is 3.17. The van der Waals surface area contributed by atoms with Gasteiger partial charge in [-0.1, -0.05) is 12.1 Å². The Morgan fingerprint density at radius 3 is 2.58 bits per heavy atom. The summed E-state index contributed by atoms with van der Waals surface area (Å²) >= 11 is 0. The number of primary amides is 1. The minimum absolute atomic E-state index is 0.131. The van der Waals surface area contributed by atoms with Crippen LogP contribution in [0.5, 0.6) is 0 Å². The van der Waals surface area contributed by atoms with Crippen molar-refractivity contribution >= 4 is 34.4 Å². The summed E-state index contributed by atoms with van der Waals surface area (Å²) in [5.74, 6) is -0.822. The van der Waals surface area contributed by atoms with E-state index in [1.807, 2.05) is 6.92 Å². The molecule has 2 aromatic carbocycles. The number of amides is 3. The van der Waals surface area contributed by atoms with Gasteiger partial charge in [0, 0.05) is 24.7 Å². The van der Waals surface area contributed by atoms with E-state index in [9.17, 15) is 24.5 Å². The monoisotopic (exact) mass is 427 g/mol. The molecule has 11 heteroatoms. The van der Waals surface area contributed by atoms with Gasteiger partial charge in [0.05, 0.1) is 22.5 Å². The maximum Gasteiger partial charge on any atom is 0.419 e. The van der Waals surface area contributed by atoms with Crippen LogP contribution >= 0.6 is 0 Å². The van der Waals surface area contributed by atoms with Gasteiger partial charge in [-0.3, -0.25) is 19.5 Å². The first-order chi connectivity index (χ1) is 14.7. The van der Waals surface area contributed by atoms with E-state index in [-0.39, 0.29) is 36.2 Å². The largest absolute Gasteiger partial charge is 0.419 e. The lowest BCUT2D eigenvalue weighted by Gasteiger charge is -2.15. The number of nitrogens with zero attached hydrogens (tertiary/aromatic N) is 2. The lowest BCUT2D eigenvalue weighted by atomic mass is 10.1. The number of hydrogen-bond acceptors (Lipinski definition) is 6. The third kappa shape index (κ3) is 5.26. The molecule has 1 aromatic heterocycles. The van der Waals surface area contributed by atoms with Crippen molar-refractivity contribution in [3.8, 4) is 0 Å². The standard InChI is InChI=1S/C20H21N5O6/c1-12(13-4-6-14(7-5-13)23-19(21)27)22-18(26)3-2-10-24-16-9-8-15(25(29)30)11-17(16)31-20(24)28/h4-9,11-12H,2-3,10H2,1H3,(H,22,26)(H3,21,23,27). The molecular weight excluding hydrogens is 406 g/mol. The molecule has 3 aromatic rings. The number of nitrogens with one attached hydrogen (secondary N) is 2. The first-order valence-corrected chi connectivity index (χ1v) is 9.48. The van der Waals surface area contributed by atoms with Crippen LogP contribution in [-0.2, 0) is 11.3 Å². The summed E-state index contributed by atoms with van der Waals surface area (Å²) in [6.45, 7) is 2.06. The molecule has 0 aliphatic heterocycles. The molecule has 31 heavy (non-hydrogen) atoms. The van der Waals surface area contributed by atoms with Crippen LogP contribution in [0, 0.1) is 10.1 Å². The number of carbonyl (C=O) groups is 2. The molecule has 0 bridgehead atoms. The van der Waals surface area contributed by atoms with Crippen LogP contribution in [0.2, 0.25) is 0 Å². The Hall–Kier alpha value is -4.15. The van der Waals surface area contributed by atoms with Crippen molar-refractivity contribution in [1.29, 1.82) is 0 Å². The molecule has 162 valence electrons. The molecule has 1 unspecified atom stereocenters. The summed E-state index contributed by atoms with van der Waals surface area (Å²) in [7, 11) is 0. The van der Waals surface area contributed by atoms with E-state index in [0.29, 0.717) is 17.6 Å². The number of benzene rings is 2. The molecule has 1 atom stereocenters. The Morgan fingerprint density at radius 1 is 1.23 bits per heavy atom. The zero-order valence-corrected chi connectivity index (χ0v) is 16.7. The Balaban J connectivity index is 1.55. The number of hydrogen-bond donors (Lipinski definition) is 3. The van der Waals surface area contributed by atoms with E-state index >= 15 is 0 Å². The van der Waals surface area contributed by atoms with Gasteiger partial charge in [-0.15, -0.1) is 0 Å². The van der Waals surface area contributed by atoms with Crippen LogP contribution in [0.1, 0.15) is 31.4 Å². The van der Waals surface area contributed by atoms with Crippen molar-refractivity contribution in [3.63, 3.8) is 0 Å². The Kier molecular flexibility index (Phi) is 6.34. The van der Waals surface area contributed by atoms with Crippen molar-refractivity contribution in [3.05, 3.63) is 68.7 Å². The first-order valence-electron chi connectivity index (χ1n) is 9.48. The smallest absolute Gasteiger partial charge is 0.407 e. The number of carbonyl (C=O) groups excluding carboxylic acids is 2. The molecule has 1 heterocycles. The minimum atomic E-state index is -0.656. The van der Waals surface area contributed by atoms with Crippen molar-refractivity contribution < 1.29 is 18.9 Å². The molecule has 0 aliphatic carbocycles. The predicted molar refractivity (Wildman–Crippen MR) is 113 cm³/mol. The number of oxazole rings is 1. The van der Waals surface area contributed by atoms with Gasteiger partial charge in [0.25, 0.3) is 5.69 Å². The second-order valence-corrected chi connectivity index (χ2v) is 6.93. The van der Waals surface area contributed by atoms with Crippen LogP contribution in [0.4, 0.5) is 16.2 Å². The third-order valence-electron chi connectivity index (χ3n) is 4.70. The summed E-state index contributed by atoms with van der Waals surface area (Å²) in [5, 5.41) is 16.2. The van der Waals surface area contributed by atoms with E-state index in [1.165, 1.54) is 22.8 Å². The second-order valence-electron chi connectivity index (χ2n) is 6.93. The van der Waals surface area contributed by atoms with E-state index < -0.39 is 16.7 Å². The van der Waals surface area contributed by atoms with Crippen LogP contribution in [0.15, 0.2) is 51.7 Å². The second kappa shape index (κ2) is 9.11. The zero-order valence-electron chi connectivity index (χ0n) is 16.7. The Morgan fingerprint density at radius 2 is 1.94 bits per heavy atom. The third-order valence-corrected chi connectivity index (χ3v) is 4.70. The molecular formula is C20H21N5O6. The summed E-state index contributed by atoms with van der Waals surface area (Å²) < 4.78 is 6.42. The lowest BCUT2D eigenvalue weighted by Crippen LogP contribution is -2.27. The SMILES string of the molecule is CC(NC(=O)CCCn1c(=O)oc2cc([N+](=O)[O-])ccc21)c1ccc(NC(N)=O)cc1. The van der Waals surface area contributed by atoms with E-state index in [4.69, 9.17) is 10.2 Å². The molecule has 3 amide bonds. The number of nitrogens with two attached hydrogens (primary N) is 1. The van der Waals surface area contributed by atoms with Crippen LogP contribution in [-0.4, -0.2) is 21.4 Å². The summed E-state index contributed by atoms with van der Waals surface area (Å²) in [5.41, 5.74) is 6.87. The van der Waals surface area contributed by atoms with Gasteiger partial charge < -0.3 is 20.8 Å². The number of nitro benzene ring substituents is 1. The molecule has 0 saturated heterocycles. The highest BCUT2D eigenvalue weighted by Gasteiger charge is 2.15. The molecule has 0 spiro atoms. The topological polar surface area (TPSA) is 163 Å². The summed E-state index contributed by atoms with van der Waals surface area (Å²) in [4.78, 5) is 45.4. The maximum atomic E-state index is 12.3. The Labute approximate surface area is 176 Å². The quantitative estimate of drug-likeness (QED) is 0.370. The van der Waals surface area contributed by atoms with Crippen molar-refractivity contribution in [2.75, 3.05) is 5.32 Å². The Bertz CT molecular complexity index is 1180. The number of anilines is 1. The molecule has 0 saturated carbocycles. The fourth-order valence-electron chi connectivity index (χ4n) is 3.17. The highest BCUT2D eigenvalue weighted by atomic mass is 16.6. The number of fused-ring (bicyclic) bond motifs is 1. The minimum Gasteiger partial charge on any atom is -0.407 e. The van der Waals surface area contributed by atoms with Gasteiger partial charge in [-0.05, 0) is 37.1 Å². The van der Waals surface area contributed by atoms with Crippen molar-refractivity contribution in [1.82, 2.24) is 9.88 Å². The van der Waals surface area contributed by atoms with Gasteiger partial charge in [-0.2, -0.15) is 0 Å². The molecule has 3 rings (SSSR count). The van der Waals surface area contributed by atoms with Gasteiger partial charge in [0.15, 0.2) is 5.58 Å². The number of aryl methyl sites for hydroxylation is 1. The summed E-state index contributed by atoms with van der Waals surface area (Å²) in [6, 6.07) is 9.95. The van der Waals surface area contributed by atoms with E-state index in [2.05, 4.69) is 10.6 Å². The van der Waals surface area contributed by atoms with Gasteiger partial charge in [0.2, 0.25) is 5.91 Å². The normalized spacial score (nSPS) is 11.8. The average molecular weight is 427 g/mol. The van der Waals surface area contributed by atoms with E-state index in [0.717, 1.165) is 5.56 Å². The number of nitro groups is 1. The molecule has 0 fully saturated rings. The van der Waals surface area contributed by atoms with Crippen molar-refractivity contribution in [2.45, 2.75) is 32.4 Å². The number of urea groups is 1. The average Bonchev–Trinajstić information content (AvgIpc) is 3.02. The van der Waals surface area contributed by atoms with Crippen LogP contribution in [0.3, 0.4) is 0 Å². The van der Waals surface area contributed by atoms with Gasteiger partial charge in [0.1, 0.15) is 0 Å². The van der Waals surface area contributed by atoms with Crippen molar-refractivity contribution in [2.24, 2.45) is 5.73 Å². The fraction of sp³-hybridized carbons (Fsp3) is 0.250. The van der Waals surface area contributed by atoms with Crippen LogP contribution in [0.25, 0.3) is 11.1 Å². The van der Waals surface area contributed by atoms with E-state index in [1.54, 1.807) is 24.3 Å². The zero-order chi connectivity index (χ0) is 22.5. The number of rotatable bonds is 8. The van der Waals surface area contributed by atoms with Crippen LogP contribution < -0.4 is 22.1 Å². The number of non-ortho nitro benzene ring substituents is 1. The highest BCUT2D eigenvalue weighted by Crippen LogP contribution is 2.20. The highest BCUT2D eigenvalue weighted by molar-refractivity contribution is 5.87. The molecule has 4 N–H and O–H groups in total.